The van der Waals surface area contributed by atoms with E-state index in [1.54, 1.807) is 0 Å². The van der Waals surface area contributed by atoms with Crippen LogP contribution in [-0.4, -0.2) is 37.0 Å². The van der Waals surface area contributed by atoms with Crippen molar-refractivity contribution in [1.82, 2.24) is 16.0 Å². The molecule has 5 nitrogen and oxygen atoms in total. The highest BCUT2D eigenvalue weighted by Gasteiger charge is 2.20. The summed E-state index contributed by atoms with van der Waals surface area (Å²) in [6.07, 6.45) is 8.60. The Hall–Kier alpha value is -1.10. The Kier molecular flexibility index (Phi) is 6.49. The minimum Gasteiger partial charge on any atom is -0.352 e. The van der Waals surface area contributed by atoms with Crippen molar-refractivity contribution in [3.8, 4) is 0 Å². The van der Waals surface area contributed by atoms with Gasteiger partial charge in [0.25, 0.3) is 0 Å². The van der Waals surface area contributed by atoms with E-state index in [0.717, 1.165) is 31.7 Å². The second kappa shape index (κ2) is 8.37. The largest absolute Gasteiger partial charge is 0.352 e. The van der Waals surface area contributed by atoms with E-state index in [1.165, 1.54) is 25.7 Å². The van der Waals surface area contributed by atoms with Gasteiger partial charge in [-0.05, 0) is 38.6 Å². The van der Waals surface area contributed by atoms with Crippen LogP contribution in [0.15, 0.2) is 0 Å². The van der Waals surface area contributed by atoms with Gasteiger partial charge in [-0.1, -0.05) is 25.7 Å². The average molecular weight is 295 g/mol. The van der Waals surface area contributed by atoms with Gasteiger partial charge >= 0.3 is 0 Å². The Morgan fingerprint density at radius 2 is 1.90 bits per heavy atom. The summed E-state index contributed by atoms with van der Waals surface area (Å²) in [5.41, 5.74) is 0. The molecule has 0 aromatic heterocycles. The molecule has 0 bridgehead atoms. The quantitative estimate of drug-likeness (QED) is 0.692. The second-order valence-electron chi connectivity index (χ2n) is 6.61. The fourth-order valence-electron chi connectivity index (χ4n) is 3.44. The summed E-state index contributed by atoms with van der Waals surface area (Å²) < 4.78 is 0. The highest BCUT2D eigenvalue weighted by Crippen LogP contribution is 2.28. The lowest BCUT2D eigenvalue weighted by molar-refractivity contribution is -0.126. The Bertz CT molecular complexity index is 353. The summed E-state index contributed by atoms with van der Waals surface area (Å²) in [4.78, 5) is 23.6. The zero-order valence-corrected chi connectivity index (χ0v) is 13.1. The molecule has 1 aliphatic heterocycles. The van der Waals surface area contributed by atoms with Crippen LogP contribution in [0.3, 0.4) is 0 Å². The van der Waals surface area contributed by atoms with Crippen LogP contribution >= 0.6 is 0 Å². The molecular weight excluding hydrogens is 266 g/mol. The molecule has 2 amide bonds. The van der Waals surface area contributed by atoms with Gasteiger partial charge in [0.1, 0.15) is 0 Å². The van der Waals surface area contributed by atoms with E-state index in [0.29, 0.717) is 12.5 Å². The standard InChI is InChI=1S/C16H29N3O2/c1-12-10-14(8-9-17-12)19-16(21)11-18-15(20)7-6-13-4-2-3-5-13/h12-14,17H,2-11H2,1H3,(H,18,20)(H,19,21). The van der Waals surface area contributed by atoms with Crippen LogP contribution in [0.1, 0.15) is 58.3 Å². The molecule has 5 heteroatoms. The van der Waals surface area contributed by atoms with Gasteiger partial charge in [-0.25, -0.2) is 0 Å². The highest BCUT2D eigenvalue weighted by atomic mass is 16.2. The highest BCUT2D eigenvalue weighted by molar-refractivity contribution is 5.84. The van der Waals surface area contributed by atoms with Gasteiger partial charge in [0, 0.05) is 18.5 Å². The molecule has 2 atom stereocenters. The molecular formula is C16H29N3O2. The fourth-order valence-corrected chi connectivity index (χ4v) is 3.44. The minimum absolute atomic E-state index is 0.00993. The predicted molar refractivity (Wildman–Crippen MR) is 82.8 cm³/mol. The van der Waals surface area contributed by atoms with Gasteiger partial charge in [0.05, 0.1) is 6.54 Å². The third-order valence-electron chi connectivity index (χ3n) is 4.69. The molecule has 1 saturated carbocycles. The lowest BCUT2D eigenvalue weighted by Crippen LogP contribution is -2.48. The Balaban J connectivity index is 1.56. The third kappa shape index (κ3) is 6.04. The molecule has 1 aliphatic carbocycles. The molecule has 2 rings (SSSR count). The molecule has 0 aromatic carbocycles. The van der Waals surface area contributed by atoms with Crippen LogP contribution in [0.2, 0.25) is 0 Å². The molecule has 1 heterocycles. The zero-order valence-electron chi connectivity index (χ0n) is 13.1. The van der Waals surface area contributed by atoms with Gasteiger partial charge in [0.15, 0.2) is 0 Å². The van der Waals surface area contributed by atoms with Crippen LogP contribution < -0.4 is 16.0 Å². The van der Waals surface area contributed by atoms with Crippen molar-refractivity contribution in [2.45, 2.75) is 70.4 Å². The summed E-state index contributed by atoms with van der Waals surface area (Å²) >= 11 is 0. The van der Waals surface area contributed by atoms with Crippen molar-refractivity contribution in [3.05, 3.63) is 0 Å². The first-order valence-electron chi connectivity index (χ1n) is 8.43. The van der Waals surface area contributed by atoms with Crippen LogP contribution in [-0.2, 0) is 9.59 Å². The summed E-state index contributed by atoms with van der Waals surface area (Å²) in [6.45, 7) is 3.19. The molecule has 1 saturated heterocycles. The van der Waals surface area contributed by atoms with E-state index in [-0.39, 0.29) is 24.4 Å². The van der Waals surface area contributed by atoms with Crippen molar-refractivity contribution >= 4 is 11.8 Å². The molecule has 0 spiro atoms. The minimum atomic E-state index is -0.0664. The van der Waals surface area contributed by atoms with Gasteiger partial charge < -0.3 is 16.0 Å². The molecule has 2 fully saturated rings. The lowest BCUT2D eigenvalue weighted by Gasteiger charge is -2.28. The summed E-state index contributed by atoms with van der Waals surface area (Å²) in [7, 11) is 0. The van der Waals surface area contributed by atoms with Crippen LogP contribution in [0, 0.1) is 5.92 Å². The molecule has 2 unspecified atom stereocenters. The molecule has 0 aromatic rings. The number of amides is 2. The van der Waals surface area contributed by atoms with E-state index in [9.17, 15) is 9.59 Å². The SMILES string of the molecule is CC1CC(NC(=O)CNC(=O)CCC2CCCC2)CCN1. The van der Waals surface area contributed by atoms with E-state index in [1.807, 2.05) is 0 Å². The van der Waals surface area contributed by atoms with E-state index in [2.05, 4.69) is 22.9 Å². The average Bonchev–Trinajstić information content (AvgIpc) is 2.96. The number of carbonyl (C=O) groups is 2. The van der Waals surface area contributed by atoms with Gasteiger partial charge in [-0.2, -0.15) is 0 Å². The Labute approximate surface area is 127 Å². The number of hydrogen-bond acceptors (Lipinski definition) is 3. The monoisotopic (exact) mass is 295 g/mol. The summed E-state index contributed by atoms with van der Waals surface area (Å²) in [6, 6.07) is 0.689. The molecule has 120 valence electrons. The van der Waals surface area contributed by atoms with Gasteiger partial charge in [0.2, 0.25) is 11.8 Å². The maximum Gasteiger partial charge on any atom is 0.239 e. The summed E-state index contributed by atoms with van der Waals surface area (Å²) in [5, 5.41) is 9.11. The van der Waals surface area contributed by atoms with Gasteiger partial charge in [-0.3, -0.25) is 9.59 Å². The first-order chi connectivity index (χ1) is 10.1. The van der Waals surface area contributed by atoms with E-state index < -0.39 is 0 Å². The molecule has 2 aliphatic rings. The first-order valence-corrected chi connectivity index (χ1v) is 8.43. The summed E-state index contributed by atoms with van der Waals surface area (Å²) in [5.74, 6) is 0.667. The lowest BCUT2D eigenvalue weighted by atomic mass is 10.0. The number of hydrogen-bond donors (Lipinski definition) is 3. The number of carbonyl (C=O) groups excluding carboxylic acids is 2. The van der Waals surface area contributed by atoms with Crippen molar-refractivity contribution in [2.24, 2.45) is 5.92 Å². The molecule has 0 radical (unpaired) electrons. The van der Waals surface area contributed by atoms with Crippen LogP contribution in [0.4, 0.5) is 0 Å². The maximum atomic E-state index is 11.8. The van der Waals surface area contributed by atoms with Crippen molar-refractivity contribution in [3.63, 3.8) is 0 Å². The maximum absolute atomic E-state index is 11.8. The molecule has 3 N–H and O–H groups in total. The predicted octanol–water partition coefficient (Wildman–Crippen LogP) is 1.33. The first kappa shape index (κ1) is 16.3. The Morgan fingerprint density at radius 3 is 2.62 bits per heavy atom. The van der Waals surface area contributed by atoms with Gasteiger partial charge in [-0.15, -0.1) is 0 Å². The molecule has 21 heavy (non-hydrogen) atoms. The van der Waals surface area contributed by atoms with Crippen molar-refractivity contribution in [1.29, 1.82) is 0 Å². The number of nitrogens with one attached hydrogen (secondary N) is 3. The Morgan fingerprint density at radius 1 is 1.14 bits per heavy atom. The van der Waals surface area contributed by atoms with Crippen molar-refractivity contribution in [2.75, 3.05) is 13.1 Å². The van der Waals surface area contributed by atoms with Crippen LogP contribution in [0.25, 0.3) is 0 Å². The number of rotatable bonds is 6. The van der Waals surface area contributed by atoms with Crippen molar-refractivity contribution < 1.29 is 9.59 Å². The van der Waals surface area contributed by atoms with Crippen LogP contribution in [0.5, 0.6) is 0 Å². The van der Waals surface area contributed by atoms with E-state index in [4.69, 9.17) is 0 Å². The number of piperidine rings is 1. The normalized spacial score (nSPS) is 26.5. The van der Waals surface area contributed by atoms with E-state index >= 15 is 0 Å². The topological polar surface area (TPSA) is 70.2 Å². The second-order valence-corrected chi connectivity index (χ2v) is 6.61. The smallest absolute Gasteiger partial charge is 0.239 e. The zero-order chi connectivity index (χ0) is 15.1. The fraction of sp³-hybridized carbons (Fsp3) is 0.875. The third-order valence-corrected chi connectivity index (χ3v) is 4.69.